The van der Waals surface area contributed by atoms with Crippen LogP contribution in [-0.4, -0.2) is 32.4 Å². The Labute approximate surface area is 105 Å². The van der Waals surface area contributed by atoms with Gasteiger partial charge in [0, 0.05) is 5.92 Å². The van der Waals surface area contributed by atoms with Crippen LogP contribution in [0.15, 0.2) is 12.1 Å². The Balaban J connectivity index is 3.30. The van der Waals surface area contributed by atoms with Gasteiger partial charge in [-0.25, -0.2) is 4.79 Å². The number of hydrogen-bond donors (Lipinski definition) is 1. The second-order valence-corrected chi connectivity index (χ2v) is 3.28. The molecule has 1 aromatic rings. The van der Waals surface area contributed by atoms with Crippen molar-refractivity contribution in [3.8, 4) is 23.3 Å². The standard InChI is InChI=1S/C13H14O5/c1-16-11-6-9(8-14)7-12(17-2)10(11)4-5-13(15)18-3/h6-7,14H,8H2,1-3H3. The lowest BCUT2D eigenvalue weighted by Crippen LogP contribution is -1.98. The number of esters is 1. The van der Waals surface area contributed by atoms with Gasteiger partial charge >= 0.3 is 5.97 Å². The van der Waals surface area contributed by atoms with Crippen LogP contribution in [0, 0.1) is 11.8 Å². The highest BCUT2D eigenvalue weighted by molar-refractivity contribution is 5.89. The van der Waals surface area contributed by atoms with E-state index in [0.717, 1.165) is 0 Å². The molecule has 1 N–H and O–H groups in total. The molecule has 0 bridgehead atoms. The van der Waals surface area contributed by atoms with Crippen LogP contribution in [0.5, 0.6) is 11.5 Å². The summed E-state index contributed by atoms with van der Waals surface area (Å²) < 4.78 is 14.7. The number of ether oxygens (including phenoxy) is 3. The van der Waals surface area contributed by atoms with E-state index < -0.39 is 5.97 Å². The zero-order valence-corrected chi connectivity index (χ0v) is 10.4. The van der Waals surface area contributed by atoms with E-state index >= 15 is 0 Å². The van der Waals surface area contributed by atoms with E-state index in [4.69, 9.17) is 14.6 Å². The zero-order chi connectivity index (χ0) is 13.5. The molecule has 5 heteroatoms. The lowest BCUT2D eigenvalue weighted by Gasteiger charge is -2.10. The quantitative estimate of drug-likeness (QED) is 0.632. The lowest BCUT2D eigenvalue weighted by atomic mass is 10.1. The van der Waals surface area contributed by atoms with E-state index in [9.17, 15) is 4.79 Å². The van der Waals surface area contributed by atoms with E-state index in [-0.39, 0.29) is 6.61 Å². The average Bonchev–Trinajstić information content (AvgIpc) is 2.43. The normalized spacial score (nSPS) is 9.11. The number of carbonyl (C=O) groups excluding carboxylic acids is 1. The van der Waals surface area contributed by atoms with Gasteiger partial charge in [-0.15, -0.1) is 0 Å². The van der Waals surface area contributed by atoms with Crippen molar-refractivity contribution in [2.45, 2.75) is 6.61 Å². The zero-order valence-electron chi connectivity index (χ0n) is 10.4. The minimum absolute atomic E-state index is 0.141. The third-order valence-electron chi connectivity index (χ3n) is 2.22. The minimum atomic E-state index is -0.648. The van der Waals surface area contributed by atoms with E-state index in [0.29, 0.717) is 22.6 Å². The molecule has 0 aliphatic carbocycles. The summed E-state index contributed by atoms with van der Waals surface area (Å²) >= 11 is 0. The molecular weight excluding hydrogens is 236 g/mol. The molecule has 0 aliphatic heterocycles. The Kier molecular flexibility index (Phi) is 5.03. The van der Waals surface area contributed by atoms with Crippen LogP contribution in [0.4, 0.5) is 0 Å². The summed E-state index contributed by atoms with van der Waals surface area (Å²) in [6.07, 6.45) is 0. The topological polar surface area (TPSA) is 65.0 Å². The lowest BCUT2D eigenvalue weighted by molar-refractivity contribution is -0.133. The number of rotatable bonds is 3. The Morgan fingerprint density at radius 2 is 1.78 bits per heavy atom. The van der Waals surface area contributed by atoms with Crippen LogP contribution in [0.2, 0.25) is 0 Å². The molecule has 0 radical (unpaired) electrons. The molecule has 0 heterocycles. The van der Waals surface area contributed by atoms with Gasteiger partial charge in [0.15, 0.2) is 0 Å². The van der Waals surface area contributed by atoms with E-state index in [1.54, 1.807) is 12.1 Å². The van der Waals surface area contributed by atoms with E-state index in [2.05, 4.69) is 16.6 Å². The van der Waals surface area contributed by atoms with Crippen molar-refractivity contribution in [3.63, 3.8) is 0 Å². The highest BCUT2D eigenvalue weighted by atomic mass is 16.5. The third kappa shape index (κ3) is 3.15. The molecule has 0 aromatic heterocycles. The third-order valence-corrected chi connectivity index (χ3v) is 2.22. The van der Waals surface area contributed by atoms with Gasteiger partial charge in [0.05, 0.1) is 27.9 Å². The van der Waals surface area contributed by atoms with Gasteiger partial charge in [-0.3, -0.25) is 0 Å². The SMILES string of the molecule is COC(=O)C#Cc1c(OC)cc(CO)cc1OC. The second-order valence-electron chi connectivity index (χ2n) is 3.28. The Morgan fingerprint density at radius 1 is 1.22 bits per heavy atom. The van der Waals surface area contributed by atoms with Crippen molar-refractivity contribution < 1.29 is 24.1 Å². The maximum Gasteiger partial charge on any atom is 0.384 e. The van der Waals surface area contributed by atoms with Crippen LogP contribution in [0.25, 0.3) is 0 Å². The highest BCUT2D eigenvalue weighted by Gasteiger charge is 2.10. The predicted molar refractivity (Wildman–Crippen MR) is 64.4 cm³/mol. The summed E-state index contributed by atoms with van der Waals surface area (Å²) in [5.74, 6) is 5.14. The molecule has 0 saturated carbocycles. The molecule has 18 heavy (non-hydrogen) atoms. The van der Waals surface area contributed by atoms with Crippen LogP contribution < -0.4 is 9.47 Å². The fourth-order valence-corrected chi connectivity index (χ4v) is 1.35. The Morgan fingerprint density at radius 3 is 2.17 bits per heavy atom. The maximum atomic E-state index is 11.0. The van der Waals surface area contributed by atoms with Crippen molar-refractivity contribution in [3.05, 3.63) is 23.3 Å². The number of benzene rings is 1. The van der Waals surface area contributed by atoms with Gasteiger partial charge in [0.1, 0.15) is 17.1 Å². The van der Waals surface area contributed by atoms with Crippen LogP contribution in [0.1, 0.15) is 11.1 Å². The van der Waals surface area contributed by atoms with Crippen molar-refractivity contribution in [1.29, 1.82) is 0 Å². The van der Waals surface area contributed by atoms with Gasteiger partial charge in [0.25, 0.3) is 0 Å². The number of aliphatic hydroxyl groups excluding tert-OH is 1. The maximum absolute atomic E-state index is 11.0. The molecule has 96 valence electrons. The molecule has 0 saturated heterocycles. The molecule has 0 fully saturated rings. The Bertz CT molecular complexity index is 471. The average molecular weight is 250 g/mol. The molecular formula is C13H14O5. The fraction of sp³-hybridized carbons (Fsp3) is 0.308. The first kappa shape index (κ1) is 13.9. The molecule has 0 spiro atoms. The number of aliphatic hydroxyl groups is 1. The first-order valence-corrected chi connectivity index (χ1v) is 5.12. The van der Waals surface area contributed by atoms with E-state index in [1.165, 1.54) is 21.3 Å². The minimum Gasteiger partial charge on any atom is -0.495 e. The number of carbonyl (C=O) groups is 1. The second kappa shape index (κ2) is 6.52. The van der Waals surface area contributed by atoms with Crippen molar-refractivity contribution in [1.82, 2.24) is 0 Å². The predicted octanol–water partition coefficient (Wildman–Crippen LogP) is 0.721. The van der Waals surface area contributed by atoms with Crippen molar-refractivity contribution >= 4 is 5.97 Å². The van der Waals surface area contributed by atoms with Crippen LogP contribution in [-0.2, 0) is 16.1 Å². The van der Waals surface area contributed by atoms with Crippen LogP contribution >= 0.6 is 0 Å². The largest absolute Gasteiger partial charge is 0.495 e. The summed E-state index contributed by atoms with van der Waals surface area (Å²) in [6.45, 7) is -0.141. The van der Waals surface area contributed by atoms with E-state index in [1.807, 2.05) is 0 Å². The van der Waals surface area contributed by atoms with Crippen molar-refractivity contribution in [2.24, 2.45) is 0 Å². The number of methoxy groups -OCH3 is 3. The summed E-state index contributed by atoms with van der Waals surface area (Å²) in [7, 11) is 4.19. The molecule has 1 rings (SSSR count). The van der Waals surface area contributed by atoms with Gasteiger partial charge in [-0.1, -0.05) is 0 Å². The molecule has 0 amide bonds. The van der Waals surface area contributed by atoms with Gasteiger partial charge in [-0.05, 0) is 23.6 Å². The summed E-state index contributed by atoms with van der Waals surface area (Å²) in [5, 5.41) is 9.10. The first-order chi connectivity index (χ1) is 8.65. The molecule has 5 nitrogen and oxygen atoms in total. The fourth-order valence-electron chi connectivity index (χ4n) is 1.35. The summed E-state index contributed by atoms with van der Waals surface area (Å²) in [5.41, 5.74) is 1.06. The Hall–Kier alpha value is -2.19. The summed E-state index contributed by atoms with van der Waals surface area (Å²) in [4.78, 5) is 11.0. The molecule has 0 aliphatic rings. The molecule has 0 unspecified atom stereocenters. The highest BCUT2D eigenvalue weighted by Crippen LogP contribution is 2.29. The van der Waals surface area contributed by atoms with Gasteiger partial charge in [-0.2, -0.15) is 0 Å². The van der Waals surface area contributed by atoms with Crippen LogP contribution in [0.3, 0.4) is 0 Å². The van der Waals surface area contributed by atoms with Crippen molar-refractivity contribution in [2.75, 3.05) is 21.3 Å². The molecule has 1 aromatic carbocycles. The summed E-state index contributed by atoms with van der Waals surface area (Å²) in [6, 6.07) is 3.26. The van der Waals surface area contributed by atoms with Gasteiger partial charge in [0.2, 0.25) is 0 Å². The number of hydrogen-bond acceptors (Lipinski definition) is 5. The first-order valence-electron chi connectivity index (χ1n) is 5.12. The molecule has 0 atom stereocenters. The van der Waals surface area contributed by atoms with Gasteiger partial charge < -0.3 is 19.3 Å². The smallest absolute Gasteiger partial charge is 0.384 e. The monoisotopic (exact) mass is 250 g/mol.